The molecule has 13 aromatic rings. The van der Waals surface area contributed by atoms with E-state index >= 15 is 0 Å². The Balaban J connectivity index is 0.982. The number of fused-ring (bicyclic) bond motifs is 9. The molecule has 6 heteroatoms. The molecule has 4 aromatic heterocycles. The zero-order chi connectivity index (χ0) is 45.4. The third kappa shape index (κ3) is 6.37. The van der Waals surface area contributed by atoms with E-state index in [1.54, 1.807) is 0 Å². The van der Waals surface area contributed by atoms with Gasteiger partial charge in [0.2, 0.25) is 5.95 Å². The molecule has 324 valence electrons. The molecule has 0 bridgehead atoms. The van der Waals surface area contributed by atoms with Gasteiger partial charge < -0.3 is 8.98 Å². The van der Waals surface area contributed by atoms with Gasteiger partial charge in [-0.05, 0) is 82.8 Å². The molecule has 6 nitrogen and oxygen atoms in total. The topological polar surface area (TPSA) is 61.7 Å². The summed E-state index contributed by atoms with van der Waals surface area (Å²) in [7, 11) is 0. The number of furan rings is 1. The SMILES string of the molecule is C1=CCC(n2c3ccc(-c4ccccc4)cc3c3c(-c4cccc(-c5nc(-c6ccccc6)nc(-n6c7ccccc7c7cccc(-c8ccc9oc%10ccccc%10c9c8)c76)n5)c4)cccc32)C=C1. The van der Waals surface area contributed by atoms with Gasteiger partial charge in [0.25, 0.3) is 0 Å². The van der Waals surface area contributed by atoms with Gasteiger partial charge in [0.15, 0.2) is 11.6 Å². The predicted molar refractivity (Wildman–Crippen MR) is 284 cm³/mol. The first-order valence-corrected chi connectivity index (χ1v) is 23.5. The molecule has 0 N–H and O–H groups in total. The fraction of sp³-hybridized carbons (Fsp3) is 0.0317. The van der Waals surface area contributed by atoms with Crippen LogP contribution in [0.2, 0.25) is 0 Å². The van der Waals surface area contributed by atoms with Crippen molar-refractivity contribution in [2.75, 3.05) is 0 Å². The highest BCUT2D eigenvalue weighted by atomic mass is 16.3. The average Bonchev–Trinajstić information content (AvgIpc) is 4.09. The van der Waals surface area contributed by atoms with Crippen molar-refractivity contribution in [1.29, 1.82) is 0 Å². The summed E-state index contributed by atoms with van der Waals surface area (Å²) in [6.07, 6.45) is 9.84. The van der Waals surface area contributed by atoms with E-state index in [0.717, 1.165) is 83.5 Å². The van der Waals surface area contributed by atoms with Crippen LogP contribution >= 0.6 is 0 Å². The van der Waals surface area contributed by atoms with Gasteiger partial charge in [0.05, 0.1) is 22.6 Å². The second kappa shape index (κ2) is 15.8. The Labute approximate surface area is 397 Å². The average molecular weight is 884 g/mol. The summed E-state index contributed by atoms with van der Waals surface area (Å²) in [5.74, 6) is 1.74. The van der Waals surface area contributed by atoms with Gasteiger partial charge in [-0.25, -0.2) is 4.98 Å². The predicted octanol–water partition coefficient (Wildman–Crippen LogP) is 16.4. The molecule has 0 saturated heterocycles. The molecule has 9 aromatic carbocycles. The van der Waals surface area contributed by atoms with Crippen molar-refractivity contribution in [3.05, 3.63) is 231 Å². The summed E-state index contributed by atoms with van der Waals surface area (Å²) in [5, 5.41) is 6.87. The van der Waals surface area contributed by atoms with Crippen molar-refractivity contribution in [2.24, 2.45) is 0 Å². The molecule has 14 rings (SSSR count). The molecule has 0 aliphatic heterocycles. The number of hydrogen-bond acceptors (Lipinski definition) is 4. The maximum absolute atomic E-state index is 6.27. The zero-order valence-corrected chi connectivity index (χ0v) is 37.4. The molecule has 1 aliphatic carbocycles. The highest BCUT2D eigenvalue weighted by molar-refractivity contribution is 6.17. The summed E-state index contributed by atoms with van der Waals surface area (Å²) in [4.78, 5) is 16.1. The third-order valence-corrected chi connectivity index (χ3v) is 13.9. The third-order valence-electron chi connectivity index (χ3n) is 13.9. The first kappa shape index (κ1) is 39.1. The smallest absolute Gasteiger partial charge is 0.238 e. The molecule has 0 spiro atoms. The summed E-state index contributed by atoms with van der Waals surface area (Å²) in [6, 6.07) is 73.3. The molecule has 1 atom stereocenters. The molecule has 1 aliphatic rings. The second-order valence-electron chi connectivity index (χ2n) is 17.9. The van der Waals surface area contributed by atoms with Crippen LogP contribution in [0.1, 0.15) is 12.5 Å². The van der Waals surface area contributed by atoms with Crippen LogP contribution in [0.25, 0.3) is 128 Å². The minimum atomic E-state index is 0.203. The monoisotopic (exact) mass is 883 g/mol. The number of hydrogen-bond donors (Lipinski definition) is 0. The van der Waals surface area contributed by atoms with E-state index < -0.39 is 0 Å². The zero-order valence-electron chi connectivity index (χ0n) is 37.4. The van der Waals surface area contributed by atoms with Crippen molar-refractivity contribution >= 4 is 65.6 Å². The first-order chi connectivity index (χ1) is 34.2. The van der Waals surface area contributed by atoms with Crippen LogP contribution in [0, 0.1) is 0 Å². The largest absolute Gasteiger partial charge is 0.456 e. The Bertz CT molecular complexity index is 4230. The van der Waals surface area contributed by atoms with Crippen molar-refractivity contribution in [1.82, 2.24) is 24.1 Å². The summed E-state index contributed by atoms with van der Waals surface area (Å²) >= 11 is 0. The quantitative estimate of drug-likeness (QED) is 0.160. The molecular formula is C63H41N5O. The maximum atomic E-state index is 6.27. The number of para-hydroxylation sites is 3. The van der Waals surface area contributed by atoms with E-state index in [1.807, 2.05) is 30.3 Å². The van der Waals surface area contributed by atoms with E-state index in [2.05, 4.69) is 209 Å². The Kier molecular flexibility index (Phi) is 8.92. The normalized spacial score (nSPS) is 13.8. The van der Waals surface area contributed by atoms with E-state index in [0.29, 0.717) is 17.6 Å². The van der Waals surface area contributed by atoms with Gasteiger partial charge in [-0.15, -0.1) is 0 Å². The van der Waals surface area contributed by atoms with Crippen LogP contribution < -0.4 is 0 Å². The van der Waals surface area contributed by atoms with Crippen molar-refractivity contribution in [3.63, 3.8) is 0 Å². The fourth-order valence-corrected chi connectivity index (χ4v) is 10.8. The number of benzene rings is 9. The highest BCUT2D eigenvalue weighted by Crippen LogP contribution is 2.43. The van der Waals surface area contributed by atoms with Gasteiger partial charge in [-0.3, -0.25) is 4.57 Å². The fourth-order valence-electron chi connectivity index (χ4n) is 10.8. The molecule has 69 heavy (non-hydrogen) atoms. The van der Waals surface area contributed by atoms with Crippen molar-refractivity contribution in [3.8, 4) is 62.1 Å². The van der Waals surface area contributed by atoms with Gasteiger partial charge in [0.1, 0.15) is 11.2 Å². The van der Waals surface area contributed by atoms with E-state index in [9.17, 15) is 0 Å². The molecule has 0 radical (unpaired) electrons. The molecule has 0 fully saturated rings. The van der Waals surface area contributed by atoms with Gasteiger partial charge in [-0.2, -0.15) is 9.97 Å². The van der Waals surface area contributed by atoms with E-state index in [1.165, 1.54) is 32.9 Å². The maximum Gasteiger partial charge on any atom is 0.238 e. The number of nitrogens with zero attached hydrogens (tertiary/aromatic N) is 5. The van der Waals surface area contributed by atoms with Crippen LogP contribution in [0.3, 0.4) is 0 Å². The highest BCUT2D eigenvalue weighted by Gasteiger charge is 2.23. The number of rotatable bonds is 7. The Morgan fingerprint density at radius 1 is 0.406 bits per heavy atom. The van der Waals surface area contributed by atoms with Gasteiger partial charge in [0, 0.05) is 54.5 Å². The molecule has 0 amide bonds. The molecule has 0 saturated carbocycles. The standard InChI is InChI=1S/C63H41N5O/c1-4-17-40(18-5-1)42-33-35-55-53(38-42)59-47(27-16-31-56(59)67(55)46-23-8-3-9-24-46)43-21-14-22-45(37-43)62-64-61(41-19-6-2-7-20-41)65-63(66-62)68-54-30-12-10-25-49(54)51-29-15-28-48(60(51)68)44-34-36-58-52(39-44)50-26-11-13-32-57(50)69-58/h1-23,25-39,46H,24H2. The Morgan fingerprint density at radius 2 is 1.04 bits per heavy atom. The molecular weight excluding hydrogens is 843 g/mol. The number of aromatic nitrogens is 5. The van der Waals surface area contributed by atoms with Crippen LogP contribution in [-0.4, -0.2) is 24.1 Å². The Hall–Kier alpha value is -9.13. The van der Waals surface area contributed by atoms with E-state index in [4.69, 9.17) is 19.4 Å². The van der Waals surface area contributed by atoms with Gasteiger partial charge in [-0.1, -0.05) is 182 Å². The lowest BCUT2D eigenvalue weighted by Crippen LogP contribution is -2.07. The summed E-state index contributed by atoms with van der Waals surface area (Å²) in [5.41, 5.74) is 14.8. The van der Waals surface area contributed by atoms with Gasteiger partial charge >= 0.3 is 0 Å². The second-order valence-corrected chi connectivity index (χ2v) is 17.9. The minimum absolute atomic E-state index is 0.203. The molecule has 4 heterocycles. The lowest BCUT2D eigenvalue weighted by atomic mass is 9.96. The summed E-state index contributed by atoms with van der Waals surface area (Å²) < 4.78 is 11.0. The van der Waals surface area contributed by atoms with Crippen molar-refractivity contribution in [2.45, 2.75) is 12.5 Å². The summed E-state index contributed by atoms with van der Waals surface area (Å²) in [6.45, 7) is 0. The van der Waals surface area contributed by atoms with Crippen LogP contribution in [0.15, 0.2) is 235 Å². The lowest BCUT2D eigenvalue weighted by molar-refractivity contribution is 0.648. The Morgan fingerprint density at radius 3 is 1.90 bits per heavy atom. The van der Waals surface area contributed by atoms with E-state index in [-0.39, 0.29) is 6.04 Å². The van der Waals surface area contributed by atoms with Crippen LogP contribution in [0.5, 0.6) is 0 Å². The number of allylic oxidation sites excluding steroid dienone is 4. The van der Waals surface area contributed by atoms with Crippen LogP contribution in [0.4, 0.5) is 0 Å². The van der Waals surface area contributed by atoms with Crippen LogP contribution in [-0.2, 0) is 0 Å². The minimum Gasteiger partial charge on any atom is -0.456 e. The molecule has 1 unspecified atom stereocenters. The lowest BCUT2D eigenvalue weighted by Gasteiger charge is -2.18. The van der Waals surface area contributed by atoms with Crippen molar-refractivity contribution < 1.29 is 4.42 Å². The first-order valence-electron chi connectivity index (χ1n) is 23.5.